The van der Waals surface area contributed by atoms with E-state index in [4.69, 9.17) is 0 Å². The van der Waals surface area contributed by atoms with E-state index in [1.165, 1.54) is 0 Å². The fraction of sp³-hybridized carbons (Fsp3) is 0.333. The second-order valence-electron chi connectivity index (χ2n) is 3.86. The van der Waals surface area contributed by atoms with Crippen molar-refractivity contribution in [1.82, 2.24) is 14.1 Å². The van der Waals surface area contributed by atoms with Gasteiger partial charge in [0.1, 0.15) is 5.82 Å². The van der Waals surface area contributed by atoms with Gasteiger partial charge in [-0.05, 0) is 35.0 Å². The van der Waals surface area contributed by atoms with Gasteiger partial charge in [-0.25, -0.2) is 4.39 Å². The second-order valence-corrected chi connectivity index (χ2v) is 5.27. The molecule has 1 N–H and O–H groups in total. The number of nitrogens with one attached hydrogen (secondary N) is 1. The SMILES string of the molecule is CCCNC(c1cnsn1)c1cccc(Br)c1F. The van der Waals surface area contributed by atoms with Crippen molar-refractivity contribution in [2.75, 3.05) is 6.54 Å². The van der Waals surface area contributed by atoms with Crippen molar-refractivity contribution in [2.24, 2.45) is 0 Å². The Morgan fingerprint density at radius 2 is 2.33 bits per heavy atom. The average molecular weight is 330 g/mol. The van der Waals surface area contributed by atoms with Crippen LogP contribution in [0.1, 0.15) is 30.6 Å². The van der Waals surface area contributed by atoms with E-state index >= 15 is 0 Å². The third kappa shape index (κ3) is 2.93. The minimum Gasteiger partial charge on any atom is -0.305 e. The summed E-state index contributed by atoms with van der Waals surface area (Å²) in [6.45, 7) is 2.87. The van der Waals surface area contributed by atoms with Crippen LogP contribution in [-0.2, 0) is 0 Å². The molecule has 1 aromatic heterocycles. The summed E-state index contributed by atoms with van der Waals surface area (Å²) in [6.07, 6.45) is 2.65. The van der Waals surface area contributed by atoms with Crippen LogP contribution in [-0.4, -0.2) is 15.3 Å². The molecular weight excluding hydrogens is 317 g/mol. The Kier molecular flexibility index (Phi) is 4.79. The Hall–Kier alpha value is -0.850. The maximum Gasteiger partial charge on any atom is 0.142 e. The smallest absolute Gasteiger partial charge is 0.142 e. The molecule has 96 valence electrons. The molecule has 1 aromatic carbocycles. The molecule has 18 heavy (non-hydrogen) atoms. The fourth-order valence-electron chi connectivity index (χ4n) is 1.71. The summed E-state index contributed by atoms with van der Waals surface area (Å²) in [6, 6.07) is 5.03. The molecule has 0 aliphatic rings. The van der Waals surface area contributed by atoms with E-state index in [1.807, 2.05) is 6.07 Å². The molecule has 0 amide bonds. The first-order chi connectivity index (χ1) is 8.74. The van der Waals surface area contributed by atoms with Crippen molar-refractivity contribution in [2.45, 2.75) is 19.4 Å². The summed E-state index contributed by atoms with van der Waals surface area (Å²) in [5.41, 5.74) is 1.34. The van der Waals surface area contributed by atoms with Crippen molar-refractivity contribution in [1.29, 1.82) is 0 Å². The van der Waals surface area contributed by atoms with Crippen LogP contribution in [0.5, 0.6) is 0 Å². The Balaban J connectivity index is 2.37. The highest BCUT2D eigenvalue weighted by molar-refractivity contribution is 9.10. The Morgan fingerprint density at radius 3 is 3.00 bits per heavy atom. The maximum absolute atomic E-state index is 14.1. The third-order valence-electron chi connectivity index (χ3n) is 2.57. The van der Waals surface area contributed by atoms with E-state index in [0.717, 1.165) is 30.4 Å². The van der Waals surface area contributed by atoms with Gasteiger partial charge in [-0.15, -0.1) is 0 Å². The molecule has 0 radical (unpaired) electrons. The molecule has 0 spiro atoms. The standard InChI is InChI=1S/C12H13BrFN3S/c1-2-6-15-12(10-7-16-18-17-10)8-4-3-5-9(13)11(8)14/h3-5,7,12,15H,2,6H2,1H3. The highest BCUT2D eigenvalue weighted by Crippen LogP contribution is 2.27. The van der Waals surface area contributed by atoms with Gasteiger partial charge in [0.25, 0.3) is 0 Å². The van der Waals surface area contributed by atoms with Crippen molar-refractivity contribution >= 4 is 27.7 Å². The van der Waals surface area contributed by atoms with Gasteiger partial charge in [-0.3, -0.25) is 0 Å². The first kappa shape index (κ1) is 13.6. The van der Waals surface area contributed by atoms with Crippen LogP contribution < -0.4 is 5.32 Å². The van der Waals surface area contributed by atoms with Crippen LogP contribution in [0.15, 0.2) is 28.9 Å². The lowest BCUT2D eigenvalue weighted by Gasteiger charge is -2.17. The lowest BCUT2D eigenvalue weighted by atomic mass is 10.0. The number of hydrogen-bond donors (Lipinski definition) is 1. The van der Waals surface area contributed by atoms with Crippen LogP contribution in [0.3, 0.4) is 0 Å². The topological polar surface area (TPSA) is 37.8 Å². The monoisotopic (exact) mass is 329 g/mol. The molecule has 0 saturated carbocycles. The Labute approximate surface area is 118 Å². The van der Waals surface area contributed by atoms with E-state index in [2.05, 4.69) is 36.9 Å². The van der Waals surface area contributed by atoms with Gasteiger partial charge in [0.2, 0.25) is 0 Å². The van der Waals surface area contributed by atoms with E-state index in [1.54, 1.807) is 18.3 Å². The first-order valence-electron chi connectivity index (χ1n) is 5.68. The first-order valence-corrected chi connectivity index (χ1v) is 7.21. The highest BCUT2D eigenvalue weighted by Gasteiger charge is 2.20. The molecule has 2 aromatic rings. The molecule has 0 bridgehead atoms. The maximum atomic E-state index is 14.1. The molecular formula is C12H13BrFN3S. The zero-order valence-electron chi connectivity index (χ0n) is 9.86. The molecule has 3 nitrogen and oxygen atoms in total. The summed E-state index contributed by atoms with van der Waals surface area (Å²) >= 11 is 4.34. The number of rotatable bonds is 5. The summed E-state index contributed by atoms with van der Waals surface area (Å²) in [5, 5.41) is 3.30. The quantitative estimate of drug-likeness (QED) is 0.911. The number of nitrogens with zero attached hydrogens (tertiary/aromatic N) is 2. The number of hydrogen-bond acceptors (Lipinski definition) is 4. The minimum absolute atomic E-state index is 0.249. The van der Waals surface area contributed by atoms with Gasteiger partial charge in [-0.2, -0.15) is 8.75 Å². The zero-order chi connectivity index (χ0) is 13.0. The van der Waals surface area contributed by atoms with Crippen LogP contribution >= 0.6 is 27.7 Å². The summed E-state index contributed by atoms with van der Waals surface area (Å²) < 4.78 is 22.8. The fourth-order valence-corrected chi connectivity index (χ4v) is 2.54. The van der Waals surface area contributed by atoms with Gasteiger partial charge >= 0.3 is 0 Å². The van der Waals surface area contributed by atoms with E-state index in [9.17, 15) is 4.39 Å². The molecule has 6 heteroatoms. The van der Waals surface area contributed by atoms with Gasteiger partial charge in [0, 0.05) is 5.56 Å². The molecule has 1 unspecified atom stereocenters. The van der Waals surface area contributed by atoms with Crippen LogP contribution in [0.4, 0.5) is 4.39 Å². The molecule has 0 aliphatic carbocycles. The Morgan fingerprint density at radius 1 is 1.50 bits per heavy atom. The number of halogens is 2. The minimum atomic E-state index is -0.251. The van der Waals surface area contributed by atoms with Crippen LogP contribution in [0.25, 0.3) is 0 Å². The van der Waals surface area contributed by atoms with E-state index < -0.39 is 0 Å². The summed E-state index contributed by atoms with van der Waals surface area (Å²) in [7, 11) is 0. The van der Waals surface area contributed by atoms with E-state index in [0.29, 0.717) is 10.0 Å². The average Bonchev–Trinajstić information content (AvgIpc) is 2.88. The van der Waals surface area contributed by atoms with Gasteiger partial charge in [0.05, 0.1) is 34.1 Å². The molecule has 1 heterocycles. The highest BCUT2D eigenvalue weighted by atomic mass is 79.9. The third-order valence-corrected chi connectivity index (χ3v) is 3.67. The van der Waals surface area contributed by atoms with Crippen molar-refractivity contribution in [3.63, 3.8) is 0 Å². The second kappa shape index (κ2) is 6.36. The molecule has 2 rings (SSSR count). The number of benzene rings is 1. The van der Waals surface area contributed by atoms with Crippen LogP contribution in [0.2, 0.25) is 0 Å². The molecule has 0 aliphatic heterocycles. The molecule has 1 atom stereocenters. The van der Waals surface area contributed by atoms with Crippen molar-refractivity contribution in [3.8, 4) is 0 Å². The predicted octanol–water partition coefficient (Wildman–Crippen LogP) is 3.53. The van der Waals surface area contributed by atoms with Crippen LogP contribution in [0, 0.1) is 5.82 Å². The predicted molar refractivity (Wildman–Crippen MR) is 74.1 cm³/mol. The van der Waals surface area contributed by atoms with E-state index in [-0.39, 0.29) is 11.9 Å². The summed E-state index contributed by atoms with van der Waals surface area (Å²) in [4.78, 5) is 0. The van der Waals surface area contributed by atoms with Gasteiger partial charge in [0.15, 0.2) is 0 Å². The number of aromatic nitrogens is 2. The zero-order valence-corrected chi connectivity index (χ0v) is 12.3. The normalized spacial score (nSPS) is 12.6. The van der Waals surface area contributed by atoms with Crippen molar-refractivity contribution < 1.29 is 4.39 Å². The largest absolute Gasteiger partial charge is 0.305 e. The molecule has 0 fully saturated rings. The summed E-state index contributed by atoms with van der Waals surface area (Å²) in [5.74, 6) is -0.251. The van der Waals surface area contributed by atoms with Gasteiger partial charge < -0.3 is 5.32 Å². The molecule has 0 saturated heterocycles. The van der Waals surface area contributed by atoms with Gasteiger partial charge in [-0.1, -0.05) is 19.1 Å². The lowest BCUT2D eigenvalue weighted by Crippen LogP contribution is -2.24. The van der Waals surface area contributed by atoms with Crippen molar-refractivity contribution in [3.05, 3.63) is 45.9 Å². The Bertz CT molecular complexity index is 504. The lowest BCUT2D eigenvalue weighted by molar-refractivity contribution is 0.538.